The van der Waals surface area contributed by atoms with Crippen molar-refractivity contribution in [1.29, 1.82) is 0 Å². The second-order valence-electron chi connectivity index (χ2n) is 4.61. The summed E-state index contributed by atoms with van der Waals surface area (Å²) in [4.78, 5) is 18.2. The van der Waals surface area contributed by atoms with Gasteiger partial charge < -0.3 is 15.3 Å². The van der Waals surface area contributed by atoms with Crippen LogP contribution in [0.4, 0.5) is 5.82 Å². The third kappa shape index (κ3) is 2.31. The number of aromatic nitrogens is 1. The molecule has 0 saturated carbocycles. The molecule has 1 aromatic heterocycles. The van der Waals surface area contributed by atoms with Crippen LogP contribution in [-0.4, -0.2) is 35.6 Å². The Kier molecular flexibility index (Phi) is 3.81. The molecule has 1 aliphatic rings. The number of pyridine rings is 1. The van der Waals surface area contributed by atoms with E-state index in [2.05, 4.69) is 15.2 Å². The lowest BCUT2D eigenvalue weighted by molar-refractivity contribution is -0.121. The Bertz CT molecular complexity index is 448. The van der Waals surface area contributed by atoms with Crippen molar-refractivity contribution in [2.75, 3.05) is 18.5 Å². The number of rotatable bonds is 3. The van der Waals surface area contributed by atoms with Crippen molar-refractivity contribution in [2.24, 2.45) is 0 Å². The summed E-state index contributed by atoms with van der Waals surface area (Å²) in [5.74, 6) is 0.887. The summed E-state index contributed by atoms with van der Waals surface area (Å²) in [5, 5.41) is 11.8. The van der Waals surface area contributed by atoms with Gasteiger partial charge in [-0.3, -0.25) is 4.79 Å². The number of aliphatic hydroxyl groups excluding tert-OH is 1. The molecule has 1 saturated heterocycles. The maximum atomic E-state index is 11.8. The van der Waals surface area contributed by atoms with E-state index in [1.807, 2.05) is 13.0 Å². The van der Waals surface area contributed by atoms with Crippen LogP contribution in [0.3, 0.4) is 0 Å². The van der Waals surface area contributed by atoms with Crippen LogP contribution in [0.5, 0.6) is 0 Å². The molecule has 2 heterocycles. The number of likely N-dealkylation sites (N-methyl/N-ethyl adjacent to an activating group) is 1. The van der Waals surface area contributed by atoms with Crippen molar-refractivity contribution >= 4 is 11.7 Å². The van der Waals surface area contributed by atoms with Gasteiger partial charge in [0.1, 0.15) is 11.9 Å². The Morgan fingerprint density at radius 1 is 1.67 bits per heavy atom. The number of amides is 1. The third-order valence-corrected chi connectivity index (χ3v) is 3.36. The molecule has 5 nitrogen and oxygen atoms in total. The van der Waals surface area contributed by atoms with Crippen LogP contribution in [0.2, 0.25) is 0 Å². The Hall–Kier alpha value is -1.62. The van der Waals surface area contributed by atoms with Crippen molar-refractivity contribution in [3.05, 3.63) is 23.4 Å². The topological polar surface area (TPSA) is 65.5 Å². The fourth-order valence-electron chi connectivity index (χ4n) is 2.47. The number of hydrogen-bond acceptors (Lipinski definition) is 4. The fourth-order valence-corrected chi connectivity index (χ4v) is 2.47. The molecule has 0 aliphatic carbocycles. The van der Waals surface area contributed by atoms with Crippen LogP contribution < -0.4 is 10.2 Å². The Labute approximate surface area is 107 Å². The zero-order chi connectivity index (χ0) is 13.1. The molecule has 5 heteroatoms. The highest BCUT2D eigenvalue weighted by atomic mass is 16.3. The van der Waals surface area contributed by atoms with E-state index in [0.29, 0.717) is 0 Å². The minimum atomic E-state index is -0.124. The summed E-state index contributed by atoms with van der Waals surface area (Å²) in [6.07, 6.45) is 3.53. The van der Waals surface area contributed by atoms with Gasteiger partial charge in [-0.25, -0.2) is 4.98 Å². The summed E-state index contributed by atoms with van der Waals surface area (Å²) >= 11 is 0. The van der Waals surface area contributed by atoms with Crippen LogP contribution >= 0.6 is 0 Å². The molecule has 18 heavy (non-hydrogen) atoms. The first kappa shape index (κ1) is 12.8. The summed E-state index contributed by atoms with van der Waals surface area (Å²) < 4.78 is 0. The first-order valence-corrected chi connectivity index (χ1v) is 6.22. The van der Waals surface area contributed by atoms with Gasteiger partial charge in [-0.05, 0) is 37.0 Å². The zero-order valence-corrected chi connectivity index (χ0v) is 10.8. The first-order valence-electron chi connectivity index (χ1n) is 6.22. The van der Waals surface area contributed by atoms with Gasteiger partial charge in [0.25, 0.3) is 0 Å². The molecule has 0 spiro atoms. The molecule has 1 unspecified atom stereocenters. The largest absolute Gasteiger partial charge is 0.392 e. The lowest BCUT2D eigenvalue weighted by Crippen LogP contribution is -2.42. The van der Waals surface area contributed by atoms with Crippen molar-refractivity contribution in [2.45, 2.75) is 32.4 Å². The van der Waals surface area contributed by atoms with Crippen LogP contribution in [0.25, 0.3) is 0 Å². The van der Waals surface area contributed by atoms with Gasteiger partial charge >= 0.3 is 0 Å². The number of anilines is 1. The summed E-state index contributed by atoms with van der Waals surface area (Å²) in [7, 11) is 1.66. The van der Waals surface area contributed by atoms with Crippen LogP contribution in [-0.2, 0) is 11.4 Å². The maximum Gasteiger partial charge on any atom is 0.242 e. The molecule has 1 amide bonds. The molecule has 2 rings (SSSR count). The zero-order valence-electron chi connectivity index (χ0n) is 10.8. The standard InChI is InChI=1S/C13H19N3O2/c1-9-6-10(8-17)7-15-12(9)16-5-3-4-11(16)13(18)14-2/h6-7,11,17H,3-5,8H2,1-2H3,(H,14,18). The molecule has 2 N–H and O–H groups in total. The number of carbonyl (C=O) groups is 1. The highest BCUT2D eigenvalue weighted by molar-refractivity contribution is 5.85. The van der Waals surface area contributed by atoms with Gasteiger partial charge in [0.05, 0.1) is 6.61 Å². The SMILES string of the molecule is CNC(=O)C1CCCN1c1ncc(CO)cc1C. The monoisotopic (exact) mass is 249 g/mol. The van der Waals surface area contributed by atoms with E-state index in [1.165, 1.54) is 0 Å². The van der Waals surface area contributed by atoms with E-state index < -0.39 is 0 Å². The Morgan fingerprint density at radius 3 is 3.06 bits per heavy atom. The molecule has 1 aromatic rings. The van der Waals surface area contributed by atoms with Crippen LogP contribution in [0.1, 0.15) is 24.0 Å². The lowest BCUT2D eigenvalue weighted by atomic mass is 10.1. The summed E-state index contributed by atoms with van der Waals surface area (Å²) in [5.41, 5.74) is 1.80. The average Bonchev–Trinajstić information content (AvgIpc) is 2.86. The quantitative estimate of drug-likeness (QED) is 0.823. The molecule has 0 radical (unpaired) electrons. The normalized spacial score (nSPS) is 19.1. The smallest absolute Gasteiger partial charge is 0.242 e. The molecular weight excluding hydrogens is 230 g/mol. The first-order chi connectivity index (χ1) is 8.67. The second-order valence-corrected chi connectivity index (χ2v) is 4.61. The fraction of sp³-hybridized carbons (Fsp3) is 0.538. The number of hydrogen-bond donors (Lipinski definition) is 2. The predicted molar refractivity (Wildman–Crippen MR) is 69.3 cm³/mol. The summed E-state index contributed by atoms with van der Waals surface area (Å²) in [6.45, 7) is 2.80. The van der Waals surface area contributed by atoms with Crippen molar-refractivity contribution < 1.29 is 9.90 Å². The lowest BCUT2D eigenvalue weighted by Gasteiger charge is -2.26. The van der Waals surface area contributed by atoms with Gasteiger partial charge in [0, 0.05) is 19.8 Å². The molecular formula is C13H19N3O2. The average molecular weight is 249 g/mol. The number of nitrogens with zero attached hydrogens (tertiary/aromatic N) is 2. The van der Waals surface area contributed by atoms with E-state index >= 15 is 0 Å². The van der Waals surface area contributed by atoms with Crippen LogP contribution in [0, 0.1) is 6.92 Å². The Morgan fingerprint density at radius 2 is 2.44 bits per heavy atom. The molecule has 1 atom stereocenters. The van der Waals surface area contributed by atoms with Gasteiger partial charge in [0.2, 0.25) is 5.91 Å². The number of nitrogens with one attached hydrogen (secondary N) is 1. The second kappa shape index (κ2) is 5.35. The van der Waals surface area contributed by atoms with Crippen molar-refractivity contribution in [3.63, 3.8) is 0 Å². The number of aryl methyl sites for hydroxylation is 1. The molecule has 98 valence electrons. The van der Waals surface area contributed by atoms with Gasteiger partial charge in [-0.15, -0.1) is 0 Å². The number of aliphatic hydroxyl groups is 1. The Balaban J connectivity index is 2.27. The molecule has 0 bridgehead atoms. The van der Waals surface area contributed by atoms with Crippen LogP contribution in [0.15, 0.2) is 12.3 Å². The minimum absolute atomic E-state index is 0.00695. The molecule has 1 fully saturated rings. The molecule has 0 aromatic carbocycles. The van der Waals surface area contributed by atoms with Crippen molar-refractivity contribution in [1.82, 2.24) is 10.3 Å². The van der Waals surface area contributed by atoms with E-state index in [4.69, 9.17) is 5.11 Å². The summed E-state index contributed by atoms with van der Waals surface area (Å²) in [6, 6.07) is 1.79. The van der Waals surface area contributed by atoms with Gasteiger partial charge in [-0.1, -0.05) is 0 Å². The van der Waals surface area contributed by atoms with E-state index in [0.717, 1.165) is 36.3 Å². The molecule has 1 aliphatic heterocycles. The highest BCUT2D eigenvalue weighted by Gasteiger charge is 2.31. The van der Waals surface area contributed by atoms with Gasteiger partial charge in [0.15, 0.2) is 0 Å². The highest BCUT2D eigenvalue weighted by Crippen LogP contribution is 2.27. The van der Waals surface area contributed by atoms with E-state index in [-0.39, 0.29) is 18.6 Å². The van der Waals surface area contributed by atoms with E-state index in [9.17, 15) is 4.79 Å². The maximum absolute atomic E-state index is 11.8. The van der Waals surface area contributed by atoms with Gasteiger partial charge in [-0.2, -0.15) is 0 Å². The third-order valence-electron chi connectivity index (χ3n) is 3.36. The predicted octanol–water partition coefficient (Wildman–Crippen LogP) is 0.597. The number of carbonyl (C=O) groups excluding carboxylic acids is 1. The minimum Gasteiger partial charge on any atom is -0.392 e. The van der Waals surface area contributed by atoms with E-state index in [1.54, 1.807) is 13.2 Å². The van der Waals surface area contributed by atoms with Crippen molar-refractivity contribution in [3.8, 4) is 0 Å².